The fourth-order valence-electron chi connectivity index (χ4n) is 2.50. The number of carbonyl (C=O) groups excluding carboxylic acids is 4. The van der Waals surface area contributed by atoms with Gasteiger partial charge in [0.2, 0.25) is 24.1 Å². The quantitative estimate of drug-likeness (QED) is 0.301. The highest BCUT2D eigenvalue weighted by Gasteiger charge is 2.18. The summed E-state index contributed by atoms with van der Waals surface area (Å²) in [7, 11) is 0. The van der Waals surface area contributed by atoms with Gasteiger partial charge in [0.15, 0.2) is 0 Å². The number of amides is 4. The van der Waals surface area contributed by atoms with E-state index in [1.165, 1.54) is 0 Å². The largest absolute Gasteiger partial charge is 0.370 e. The minimum Gasteiger partial charge on any atom is -0.370 e. The van der Waals surface area contributed by atoms with E-state index in [-0.39, 0.29) is 18.7 Å². The number of carbonyl (C=O) groups is 4. The molecule has 0 bridgehead atoms. The lowest BCUT2D eigenvalue weighted by Gasteiger charge is -2.15. The third-order valence-electron chi connectivity index (χ3n) is 3.85. The second-order valence-corrected chi connectivity index (χ2v) is 6.06. The van der Waals surface area contributed by atoms with Crippen molar-refractivity contribution < 1.29 is 19.2 Å². The van der Waals surface area contributed by atoms with Gasteiger partial charge in [0, 0.05) is 18.5 Å². The highest BCUT2D eigenvalue weighted by molar-refractivity contribution is 5.96. The summed E-state index contributed by atoms with van der Waals surface area (Å²) in [6, 6.07) is 6.58. The number of rotatable bonds is 13. The molecule has 0 aliphatic carbocycles. The van der Waals surface area contributed by atoms with Gasteiger partial charge in [-0.15, -0.1) is 0 Å². The second-order valence-electron chi connectivity index (χ2n) is 6.06. The molecule has 26 heavy (non-hydrogen) atoms. The van der Waals surface area contributed by atoms with E-state index < -0.39 is 17.9 Å². The molecule has 1 rings (SSSR count). The average Bonchev–Trinajstić information content (AvgIpc) is 2.58. The van der Waals surface area contributed by atoms with Crippen molar-refractivity contribution in [2.24, 2.45) is 11.5 Å². The molecule has 1 aromatic rings. The Balaban J connectivity index is 2.54. The van der Waals surface area contributed by atoms with Gasteiger partial charge < -0.3 is 22.1 Å². The van der Waals surface area contributed by atoms with Crippen molar-refractivity contribution in [2.75, 3.05) is 5.32 Å². The van der Waals surface area contributed by atoms with Crippen molar-refractivity contribution in [2.45, 2.75) is 51.0 Å². The lowest BCUT2D eigenvalue weighted by molar-refractivity contribution is -0.122. The van der Waals surface area contributed by atoms with Crippen LogP contribution < -0.4 is 22.1 Å². The van der Waals surface area contributed by atoms with Gasteiger partial charge in [0.05, 0.1) is 0 Å². The number of anilines is 1. The minimum atomic E-state index is -0.822. The first-order valence-electron chi connectivity index (χ1n) is 8.58. The highest BCUT2D eigenvalue weighted by atomic mass is 16.2. The van der Waals surface area contributed by atoms with E-state index in [1.807, 2.05) is 18.2 Å². The van der Waals surface area contributed by atoms with Gasteiger partial charge in [-0.1, -0.05) is 18.6 Å². The van der Waals surface area contributed by atoms with Crippen molar-refractivity contribution in [3.63, 3.8) is 0 Å². The summed E-state index contributed by atoms with van der Waals surface area (Å²) in [5.41, 5.74) is 11.9. The third kappa shape index (κ3) is 8.81. The van der Waals surface area contributed by atoms with Crippen LogP contribution in [0.25, 0.3) is 0 Å². The van der Waals surface area contributed by atoms with Gasteiger partial charge in [0.1, 0.15) is 6.04 Å². The van der Waals surface area contributed by atoms with Crippen molar-refractivity contribution in [1.29, 1.82) is 0 Å². The lowest BCUT2D eigenvalue weighted by Crippen LogP contribution is -2.40. The van der Waals surface area contributed by atoms with E-state index in [2.05, 4.69) is 10.6 Å². The van der Waals surface area contributed by atoms with Crippen LogP contribution in [-0.2, 0) is 25.6 Å². The summed E-state index contributed by atoms with van der Waals surface area (Å²) >= 11 is 0. The number of hydrogen-bond acceptors (Lipinski definition) is 4. The molecule has 0 aromatic heterocycles. The van der Waals surface area contributed by atoms with Crippen molar-refractivity contribution in [3.05, 3.63) is 29.8 Å². The number of benzene rings is 1. The van der Waals surface area contributed by atoms with E-state index in [4.69, 9.17) is 11.5 Å². The molecule has 0 aliphatic rings. The van der Waals surface area contributed by atoms with Gasteiger partial charge >= 0.3 is 0 Å². The molecule has 8 nitrogen and oxygen atoms in total. The molecule has 0 saturated carbocycles. The molecule has 0 spiro atoms. The Morgan fingerprint density at radius 2 is 1.77 bits per heavy atom. The first kappa shape index (κ1) is 21.1. The van der Waals surface area contributed by atoms with E-state index in [9.17, 15) is 19.2 Å². The number of aryl methyl sites for hydroxylation is 1. The number of nitrogens with two attached hydrogens (primary N) is 2. The van der Waals surface area contributed by atoms with Gasteiger partial charge in [-0.05, 0) is 43.4 Å². The van der Waals surface area contributed by atoms with Crippen LogP contribution >= 0.6 is 0 Å². The predicted molar refractivity (Wildman–Crippen MR) is 97.9 cm³/mol. The maximum atomic E-state index is 12.3. The fourth-order valence-corrected chi connectivity index (χ4v) is 2.50. The van der Waals surface area contributed by atoms with Gasteiger partial charge in [-0.3, -0.25) is 19.2 Å². The Morgan fingerprint density at radius 3 is 2.42 bits per heavy atom. The normalized spacial score (nSPS) is 11.4. The Bertz CT molecular complexity index is 633. The Hall–Kier alpha value is -2.90. The van der Waals surface area contributed by atoms with E-state index >= 15 is 0 Å². The smallest absolute Gasteiger partial charge is 0.246 e. The zero-order valence-electron chi connectivity index (χ0n) is 14.7. The van der Waals surface area contributed by atoms with Crippen LogP contribution in [0.2, 0.25) is 0 Å². The molecule has 0 unspecified atom stereocenters. The molecule has 142 valence electrons. The number of unbranched alkanes of at least 4 members (excludes halogenated alkanes) is 2. The van der Waals surface area contributed by atoms with E-state index in [1.54, 1.807) is 6.07 Å². The Morgan fingerprint density at radius 1 is 1.04 bits per heavy atom. The van der Waals surface area contributed by atoms with Gasteiger partial charge in [-0.2, -0.15) is 0 Å². The fraction of sp³-hybridized carbons (Fsp3) is 0.444. The molecule has 0 heterocycles. The molecule has 0 aliphatic heterocycles. The summed E-state index contributed by atoms with van der Waals surface area (Å²) in [6.45, 7) is 0. The number of primary amides is 2. The summed E-state index contributed by atoms with van der Waals surface area (Å²) in [5, 5.41) is 5.13. The zero-order valence-corrected chi connectivity index (χ0v) is 14.7. The monoisotopic (exact) mass is 362 g/mol. The molecule has 0 radical (unpaired) electrons. The number of hydrogen-bond donors (Lipinski definition) is 4. The highest BCUT2D eigenvalue weighted by Crippen LogP contribution is 2.14. The van der Waals surface area contributed by atoms with Crippen LogP contribution in [0, 0.1) is 0 Å². The summed E-state index contributed by atoms with van der Waals surface area (Å²) in [5.74, 6) is -1.23. The molecule has 4 amide bonds. The first-order valence-corrected chi connectivity index (χ1v) is 8.58. The van der Waals surface area contributed by atoms with E-state index in [0.717, 1.165) is 31.2 Å². The predicted octanol–water partition coefficient (Wildman–Crippen LogP) is 0.593. The van der Waals surface area contributed by atoms with Gasteiger partial charge in [-0.25, -0.2) is 0 Å². The molecule has 0 fully saturated rings. The van der Waals surface area contributed by atoms with Crippen LogP contribution in [-0.4, -0.2) is 30.2 Å². The first-order chi connectivity index (χ1) is 12.4. The Kier molecular flexibility index (Phi) is 9.45. The lowest BCUT2D eigenvalue weighted by atomic mass is 10.1. The van der Waals surface area contributed by atoms with Crippen LogP contribution in [0.4, 0.5) is 5.69 Å². The van der Waals surface area contributed by atoms with Crippen LogP contribution in [0.3, 0.4) is 0 Å². The minimum absolute atomic E-state index is 0.00424. The SMILES string of the molecule is NC(=O)CCCCCc1cccc(NC(=O)[C@H](CCC(N)=O)NC=O)c1. The molecule has 1 atom stereocenters. The molecule has 8 heteroatoms. The van der Waals surface area contributed by atoms with Crippen molar-refractivity contribution in [1.82, 2.24) is 5.32 Å². The summed E-state index contributed by atoms with van der Waals surface area (Å²) < 4.78 is 0. The maximum Gasteiger partial charge on any atom is 0.246 e. The molecule has 1 aromatic carbocycles. The summed E-state index contributed by atoms with van der Waals surface area (Å²) in [4.78, 5) is 44.5. The molecule has 6 N–H and O–H groups in total. The number of nitrogens with one attached hydrogen (secondary N) is 2. The van der Waals surface area contributed by atoms with E-state index in [0.29, 0.717) is 18.5 Å². The standard InChI is InChI=1S/C18H26N4O4/c19-16(24)8-3-1-2-5-13-6-4-7-14(11-13)22-18(26)15(21-12-23)9-10-17(20)25/h4,6-7,11-12,15H,1-3,5,8-10H2,(H2,19,24)(H2,20,25)(H,21,23)(H,22,26)/t15-/m0/s1. The van der Waals surface area contributed by atoms with Crippen molar-refractivity contribution >= 4 is 29.8 Å². The zero-order chi connectivity index (χ0) is 19.4. The Labute approximate surface area is 152 Å². The third-order valence-corrected chi connectivity index (χ3v) is 3.85. The molecular weight excluding hydrogens is 336 g/mol. The summed E-state index contributed by atoms with van der Waals surface area (Å²) in [6.07, 6.45) is 4.37. The molecular formula is C18H26N4O4. The van der Waals surface area contributed by atoms with Crippen LogP contribution in [0.1, 0.15) is 44.1 Å². The van der Waals surface area contributed by atoms with Crippen molar-refractivity contribution in [3.8, 4) is 0 Å². The molecule has 0 saturated heterocycles. The van der Waals surface area contributed by atoms with Crippen LogP contribution in [0.5, 0.6) is 0 Å². The second kappa shape index (κ2) is 11.6. The van der Waals surface area contributed by atoms with Crippen LogP contribution in [0.15, 0.2) is 24.3 Å². The maximum absolute atomic E-state index is 12.3. The average molecular weight is 362 g/mol. The van der Waals surface area contributed by atoms with Gasteiger partial charge in [0.25, 0.3) is 0 Å². The topological polar surface area (TPSA) is 144 Å².